The second kappa shape index (κ2) is 6.95. The predicted molar refractivity (Wildman–Crippen MR) is 81.6 cm³/mol. The van der Waals surface area contributed by atoms with Gasteiger partial charge in [0.2, 0.25) is 0 Å². The van der Waals surface area contributed by atoms with Crippen molar-refractivity contribution in [3.8, 4) is 0 Å². The number of ether oxygens (including phenoxy) is 1. The first-order valence-corrected chi connectivity index (χ1v) is 7.32. The Morgan fingerprint density at radius 3 is 2.95 bits per heavy atom. The maximum absolute atomic E-state index is 12.1. The summed E-state index contributed by atoms with van der Waals surface area (Å²) in [6.45, 7) is 1.64. The maximum atomic E-state index is 12.1. The summed E-state index contributed by atoms with van der Waals surface area (Å²) in [5.74, 6) is -0.0266. The molecule has 1 aliphatic heterocycles. The van der Waals surface area contributed by atoms with Gasteiger partial charge in [0.1, 0.15) is 0 Å². The topological polar surface area (TPSA) is 41.6 Å². The molecule has 1 aromatic carbocycles. The van der Waals surface area contributed by atoms with Gasteiger partial charge in [-0.15, -0.1) is 0 Å². The van der Waals surface area contributed by atoms with Gasteiger partial charge in [-0.3, -0.25) is 4.79 Å². The van der Waals surface area contributed by atoms with Crippen molar-refractivity contribution in [3.05, 3.63) is 28.8 Å². The molecule has 1 atom stereocenters. The molecule has 1 aliphatic rings. The summed E-state index contributed by atoms with van der Waals surface area (Å²) in [5, 5.41) is 3.93. The molecule has 0 spiro atoms. The Morgan fingerprint density at radius 2 is 2.30 bits per heavy atom. The number of hydrogen-bond donors (Lipinski definition) is 1. The highest BCUT2D eigenvalue weighted by Crippen LogP contribution is 2.23. The van der Waals surface area contributed by atoms with E-state index in [-0.39, 0.29) is 5.91 Å². The summed E-state index contributed by atoms with van der Waals surface area (Å²) >= 11 is 6.02. The second-order valence-corrected chi connectivity index (χ2v) is 5.68. The molecule has 1 saturated heterocycles. The van der Waals surface area contributed by atoms with Crippen LogP contribution in [-0.2, 0) is 4.74 Å². The normalized spacial score (nSPS) is 18.1. The first kappa shape index (κ1) is 15.1. The number of anilines is 1. The van der Waals surface area contributed by atoms with Gasteiger partial charge in [0.05, 0.1) is 11.7 Å². The monoisotopic (exact) mass is 296 g/mol. The van der Waals surface area contributed by atoms with Crippen LogP contribution >= 0.6 is 11.6 Å². The standard InChI is InChI=1S/C15H21ClN2O2/c1-18(2)15(19)13-6-5-11(16)10-14(13)17-8-7-12-4-3-9-20-12/h5-6,10,12,17H,3-4,7-9H2,1-2H3. The summed E-state index contributed by atoms with van der Waals surface area (Å²) in [6, 6.07) is 5.30. The van der Waals surface area contributed by atoms with Crippen LogP contribution in [0.4, 0.5) is 5.69 Å². The number of carbonyl (C=O) groups is 1. The molecule has 1 N–H and O–H groups in total. The Balaban J connectivity index is 2.01. The van der Waals surface area contributed by atoms with E-state index < -0.39 is 0 Å². The molecule has 20 heavy (non-hydrogen) atoms. The van der Waals surface area contributed by atoms with Gasteiger partial charge in [0.15, 0.2) is 0 Å². The number of carbonyl (C=O) groups excluding carboxylic acids is 1. The number of halogens is 1. The van der Waals surface area contributed by atoms with Gasteiger partial charge >= 0.3 is 0 Å². The molecule has 0 bridgehead atoms. The van der Waals surface area contributed by atoms with Crippen LogP contribution in [0.25, 0.3) is 0 Å². The zero-order valence-electron chi connectivity index (χ0n) is 12.0. The second-order valence-electron chi connectivity index (χ2n) is 5.24. The summed E-state index contributed by atoms with van der Waals surface area (Å²) in [6.07, 6.45) is 3.56. The molecule has 1 unspecified atom stereocenters. The van der Waals surface area contributed by atoms with Crippen LogP contribution in [0.1, 0.15) is 29.6 Å². The van der Waals surface area contributed by atoms with E-state index >= 15 is 0 Å². The zero-order chi connectivity index (χ0) is 14.5. The van der Waals surface area contributed by atoms with Gasteiger partial charge in [-0.1, -0.05) is 11.6 Å². The third-order valence-electron chi connectivity index (χ3n) is 3.42. The van der Waals surface area contributed by atoms with Crippen LogP contribution in [0.15, 0.2) is 18.2 Å². The van der Waals surface area contributed by atoms with Crippen molar-refractivity contribution in [1.29, 1.82) is 0 Å². The SMILES string of the molecule is CN(C)C(=O)c1ccc(Cl)cc1NCCC1CCCO1. The molecule has 5 heteroatoms. The molecular weight excluding hydrogens is 276 g/mol. The summed E-state index contributed by atoms with van der Waals surface area (Å²) < 4.78 is 5.59. The smallest absolute Gasteiger partial charge is 0.255 e. The maximum Gasteiger partial charge on any atom is 0.255 e. The molecule has 1 aromatic rings. The van der Waals surface area contributed by atoms with Crippen LogP contribution < -0.4 is 5.32 Å². The van der Waals surface area contributed by atoms with Gasteiger partial charge in [0, 0.05) is 38.0 Å². The lowest BCUT2D eigenvalue weighted by Crippen LogP contribution is -2.23. The van der Waals surface area contributed by atoms with E-state index in [2.05, 4.69) is 5.32 Å². The third kappa shape index (κ3) is 3.87. The van der Waals surface area contributed by atoms with E-state index in [1.165, 1.54) is 0 Å². The minimum atomic E-state index is -0.0266. The zero-order valence-corrected chi connectivity index (χ0v) is 12.7. The highest BCUT2D eigenvalue weighted by atomic mass is 35.5. The van der Waals surface area contributed by atoms with Gasteiger partial charge < -0.3 is 15.0 Å². The van der Waals surface area contributed by atoms with Crippen molar-refractivity contribution in [2.24, 2.45) is 0 Å². The number of hydrogen-bond acceptors (Lipinski definition) is 3. The summed E-state index contributed by atoms with van der Waals surface area (Å²) in [5.41, 5.74) is 1.43. The van der Waals surface area contributed by atoms with E-state index in [0.717, 1.165) is 38.1 Å². The Hall–Kier alpha value is -1.26. The number of nitrogens with zero attached hydrogens (tertiary/aromatic N) is 1. The van der Waals surface area contributed by atoms with Crippen molar-refractivity contribution in [1.82, 2.24) is 4.90 Å². The molecular formula is C15H21ClN2O2. The van der Waals surface area contributed by atoms with Crippen LogP contribution in [0.2, 0.25) is 5.02 Å². The van der Waals surface area contributed by atoms with E-state index in [4.69, 9.17) is 16.3 Å². The van der Waals surface area contributed by atoms with E-state index in [1.54, 1.807) is 37.2 Å². The Labute approximate surface area is 125 Å². The summed E-state index contributed by atoms with van der Waals surface area (Å²) in [7, 11) is 3.49. The first-order chi connectivity index (χ1) is 9.58. The summed E-state index contributed by atoms with van der Waals surface area (Å²) in [4.78, 5) is 13.7. The molecule has 0 aromatic heterocycles. The number of rotatable bonds is 5. The molecule has 1 heterocycles. The minimum Gasteiger partial charge on any atom is -0.384 e. The molecule has 0 saturated carbocycles. The van der Waals surface area contributed by atoms with Crippen LogP contribution in [0, 0.1) is 0 Å². The van der Waals surface area contributed by atoms with E-state index in [1.807, 2.05) is 0 Å². The molecule has 2 rings (SSSR count). The molecule has 1 fully saturated rings. The largest absolute Gasteiger partial charge is 0.384 e. The lowest BCUT2D eigenvalue weighted by Gasteiger charge is -2.16. The van der Waals surface area contributed by atoms with Crippen molar-refractivity contribution >= 4 is 23.2 Å². The lowest BCUT2D eigenvalue weighted by molar-refractivity contribution is 0.0828. The van der Waals surface area contributed by atoms with Gasteiger partial charge in [0.25, 0.3) is 5.91 Å². The fraction of sp³-hybridized carbons (Fsp3) is 0.533. The van der Waals surface area contributed by atoms with Crippen LogP contribution in [0.5, 0.6) is 0 Å². The minimum absolute atomic E-state index is 0.0266. The lowest BCUT2D eigenvalue weighted by atomic mass is 10.1. The quantitative estimate of drug-likeness (QED) is 0.908. The van der Waals surface area contributed by atoms with Crippen molar-refractivity contribution < 1.29 is 9.53 Å². The van der Waals surface area contributed by atoms with Gasteiger partial charge in [-0.2, -0.15) is 0 Å². The van der Waals surface area contributed by atoms with Crippen molar-refractivity contribution in [2.75, 3.05) is 32.6 Å². The number of amides is 1. The van der Waals surface area contributed by atoms with Crippen molar-refractivity contribution in [2.45, 2.75) is 25.4 Å². The molecule has 1 amide bonds. The average molecular weight is 297 g/mol. The Kier molecular flexibility index (Phi) is 5.26. The van der Waals surface area contributed by atoms with E-state index in [9.17, 15) is 4.79 Å². The fourth-order valence-electron chi connectivity index (χ4n) is 2.33. The van der Waals surface area contributed by atoms with Crippen LogP contribution in [0.3, 0.4) is 0 Å². The Morgan fingerprint density at radius 1 is 1.50 bits per heavy atom. The highest BCUT2D eigenvalue weighted by Gasteiger charge is 2.16. The number of benzene rings is 1. The van der Waals surface area contributed by atoms with Crippen molar-refractivity contribution in [3.63, 3.8) is 0 Å². The van der Waals surface area contributed by atoms with Gasteiger partial charge in [-0.25, -0.2) is 0 Å². The molecule has 0 radical (unpaired) electrons. The predicted octanol–water partition coefficient (Wildman–Crippen LogP) is 3.02. The number of nitrogens with one attached hydrogen (secondary N) is 1. The Bertz CT molecular complexity index is 471. The first-order valence-electron chi connectivity index (χ1n) is 6.94. The molecule has 110 valence electrons. The highest BCUT2D eigenvalue weighted by molar-refractivity contribution is 6.31. The van der Waals surface area contributed by atoms with Crippen LogP contribution in [-0.4, -0.2) is 44.2 Å². The van der Waals surface area contributed by atoms with Gasteiger partial charge in [-0.05, 0) is 37.5 Å². The average Bonchev–Trinajstić information content (AvgIpc) is 2.91. The van der Waals surface area contributed by atoms with E-state index in [0.29, 0.717) is 16.7 Å². The molecule has 0 aliphatic carbocycles. The molecule has 4 nitrogen and oxygen atoms in total. The fourth-order valence-corrected chi connectivity index (χ4v) is 2.50. The third-order valence-corrected chi connectivity index (χ3v) is 3.66.